The number of nitrogens with one attached hydrogen (secondary N) is 1. The van der Waals surface area contributed by atoms with Crippen molar-refractivity contribution in [2.75, 3.05) is 7.11 Å². The van der Waals surface area contributed by atoms with Crippen LogP contribution in [0.15, 0.2) is 42.5 Å². The number of ether oxygens (including phenoxy) is 2. The van der Waals surface area contributed by atoms with Gasteiger partial charge in [-0.15, -0.1) is 0 Å². The minimum Gasteiger partial charge on any atom is -0.483 e. The van der Waals surface area contributed by atoms with E-state index in [1.54, 1.807) is 4.90 Å². The fourth-order valence-electron chi connectivity index (χ4n) is 4.33. The second-order valence-corrected chi connectivity index (χ2v) is 7.35. The van der Waals surface area contributed by atoms with Gasteiger partial charge in [0.05, 0.1) is 26.9 Å². The Morgan fingerprint density at radius 3 is 2.71 bits per heavy atom. The van der Waals surface area contributed by atoms with E-state index in [2.05, 4.69) is 4.98 Å². The number of methoxy groups -OCH3 is 1. The SMILES string of the molecule is COC(=O)[C@@H]1Cc2c([nH]c3ccccc23)CN1C(=O)c1cccc2c1COC2.O=CO. The second-order valence-electron chi connectivity index (χ2n) is 7.35. The number of hydrogen-bond acceptors (Lipinski definition) is 5. The first kappa shape index (κ1) is 20.6. The zero-order chi connectivity index (χ0) is 22.0. The number of carboxylic acid groups (broad SMARTS) is 1. The van der Waals surface area contributed by atoms with Crippen LogP contribution in [0.4, 0.5) is 0 Å². The molecular formula is C23H22N2O6. The number of aromatic amines is 1. The van der Waals surface area contributed by atoms with Gasteiger partial charge in [-0.2, -0.15) is 0 Å². The molecule has 0 saturated carbocycles. The average Bonchev–Trinajstić information content (AvgIpc) is 3.41. The predicted octanol–water partition coefficient (Wildman–Crippen LogP) is 2.64. The summed E-state index contributed by atoms with van der Waals surface area (Å²) >= 11 is 0. The van der Waals surface area contributed by atoms with Crippen LogP contribution in [-0.4, -0.2) is 46.5 Å². The molecule has 2 aliphatic heterocycles. The first-order valence-corrected chi connectivity index (χ1v) is 9.82. The van der Waals surface area contributed by atoms with Crippen molar-refractivity contribution in [1.82, 2.24) is 9.88 Å². The highest BCUT2D eigenvalue weighted by Gasteiger charge is 2.38. The molecule has 0 unspecified atom stereocenters. The molecule has 1 amide bonds. The maximum Gasteiger partial charge on any atom is 0.328 e. The molecule has 0 fully saturated rings. The fraction of sp³-hybridized carbons (Fsp3) is 0.261. The maximum atomic E-state index is 13.5. The number of fused-ring (bicyclic) bond motifs is 4. The predicted molar refractivity (Wildman–Crippen MR) is 111 cm³/mol. The second kappa shape index (κ2) is 8.61. The first-order chi connectivity index (χ1) is 15.1. The number of H-pyrrole nitrogens is 1. The zero-order valence-corrected chi connectivity index (χ0v) is 17.0. The summed E-state index contributed by atoms with van der Waals surface area (Å²) in [5.41, 5.74) is 5.61. The van der Waals surface area contributed by atoms with Crippen LogP contribution in [0, 0.1) is 0 Å². The van der Waals surface area contributed by atoms with E-state index in [1.165, 1.54) is 7.11 Å². The van der Waals surface area contributed by atoms with Crippen LogP contribution in [0.1, 0.15) is 32.7 Å². The van der Waals surface area contributed by atoms with Gasteiger partial charge in [0.1, 0.15) is 6.04 Å². The molecule has 8 heteroatoms. The van der Waals surface area contributed by atoms with Crippen molar-refractivity contribution in [2.24, 2.45) is 0 Å². The molecule has 160 valence electrons. The van der Waals surface area contributed by atoms with Crippen LogP contribution in [0.5, 0.6) is 0 Å². The van der Waals surface area contributed by atoms with Crippen LogP contribution in [0.3, 0.4) is 0 Å². The normalized spacial score (nSPS) is 16.7. The lowest BCUT2D eigenvalue weighted by atomic mass is 9.94. The fourth-order valence-corrected chi connectivity index (χ4v) is 4.33. The summed E-state index contributed by atoms with van der Waals surface area (Å²) in [5.74, 6) is -0.560. The van der Waals surface area contributed by atoms with E-state index in [-0.39, 0.29) is 12.4 Å². The summed E-state index contributed by atoms with van der Waals surface area (Å²) in [5, 5.41) is 7.98. The zero-order valence-electron chi connectivity index (χ0n) is 17.0. The lowest BCUT2D eigenvalue weighted by molar-refractivity contribution is -0.146. The summed E-state index contributed by atoms with van der Waals surface area (Å²) in [4.78, 5) is 39.4. The third kappa shape index (κ3) is 3.66. The summed E-state index contributed by atoms with van der Waals surface area (Å²) in [6.07, 6.45) is 0.434. The first-order valence-electron chi connectivity index (χ1n) is 9.82. The standard InChI is InChI=1S/C22H20N2O4.CH2O2/c1-27-22(26)20-9-16-14-6-2-3-8-18(14)23-19(16)10-24(20)21(25)15-7-4-5-13-11-28-12-17(13)15;2-1-3/h2-8,20,23H,9-12H2,1H3;1H,(H,2,3)/t20-;/m0./s1. The number of carbonyl (C=O) groups is 3. The molecule has 0 bridgehead atoms. The Morgan fingerprint density at radius 1 is 1.16 bits per heavy atom. The number of para-hydroxylation sites is 1. The number of aromatic nitrogens is 1. The van der Waals surface area contributed by atoms with E-state index in [0.717, 1.165) is 33.3 Å². The van der Waals surface area contributed by atoms with Crippen molar-refractivity contribution >= 4 is 29.3 Å². The van der Waals surface area contributed by atoms with Gasteiger partial charge in [0.25, 0.3) is 12.4 Å². The molecule has 2 aliphatic rings. The largest absolute Gasteiger partial charge is 0.483 e. The van der Waals surface area contributed by atoms with Gasteiger partial charge in [-0.3, -0.25) is 9.59 Å². The minimum absolute atomic E-state index is 0.165. The molecule has 3 aromatic rings. The quantitative estimate of drug-likeness (QED) is 0.485. The number of nitrogens with zero attached hydrogens (tertiary/aromatic N) is 1. The molecule has 2 N–H and O–H groups in total. The third-order valence-corrected chi connectivity index (χ3v) is 5.75. The van der Waals surface area contributed by atoms with Crippen LogP contribution in [-0.2, 0) is 45.2 Å². The lowest BCUT2D eigenvalue weighted by Crippen LogP contribution is -2.49. The van der Waals surface area contributed by atoms with Crippen LogP contribution in [0.2, 0.25) is 0 Å². The van der Waals surface area contributed by atoms with Crippen molar-refractivity contribution in [1.29, 1.82) is 0 Å². The molecule has 2 aromatic carbocycles. The lowest BCUT2D eigenvalue weighted by Gasteiger charge is -2.34. The van der Waals surface area contributed by atoms with Gasteiger partial charge in [0.2, 0.25) is 0 Å². The summed E-state index contributed by atoms with van der Waals surface area (Å²) in [6.45, 7) is 1.03. The molecule has 0 aliphatic carbocycles. The molecule has 1 atom stereocenters. The molecule has 31 heavy (non-hydrogen) atoms. The Hall–Kier alpha value is -3.65. The summed E-state index contributed by atoms with van der Waals surface area (Å²) in [6, 6.07) is 13.0. The van der Waals surface area contributed by atoms with Crippen molar-refractivity contribution < 1.29 is 29.0 Å². The molecule has 3 heterocycles. The minimum atomic E-state index is -0.651. The Morgan fingerprint density at radius 2 is 1.94 bits per heavy atom. The van der Waals surface area contributed by atoms with Crippen molar-refractivity contribution in [3.05, 3.63) is 70.4 Å². The third-order valence-electron chi connectivity index (χ3n) is 5.75. The molecule has 0 saturated heterocycles. The van der Waals surface area contributed by atoms with Crippen molar-refractivity contribution in [3.8, 4) is 0 Å². The highest BCUT2D eigenvalue weighted by Crippen LogP contribution is 2.33. The van der Waals surface area contributed by atoms with Crippen LogP contribution >= 0.6 is 0 Å². The van der Waals surface area contributed by atoms with Gasteiger partial charge < -0.3 is 24.5 Å². The van der Waals surface area contributed by atoms with Crippen LogP contribution < -0.4 is 0 Å². The molecule has 1 aromatic heterocycles. The Kier molecular flexibility index (Phi) is 5.73. The van der Waals surface area contributed by atoms with Gasteiger partial charge in [-0.1, -0.05) is 30.3 Å². The van der Waals surface area contributed by atoms with E-state index >= 15 is 0 Å². The van der Waals surface area contributed by atoms with E-state index < -0.39 is 12.0 Å². The number of hydrogen-bond donors (Lipinski definition) is 2. The van der Waals surface area contributed by atoms with Gasteiger partial charge in [0, 0.05) is 28.6 Å². The smallest absolute Gasteiger partial charge is 0.328 e. The Balaban J connectivity index is 0.000000730. The molecule has 0 radical (unpaired) electrons. The monoisotopic (exact) mass is 422 g/mol. The van der Waals surface area contributed by atoms with E-state index in [9.17, 15) is 9.59 Å². The Bertz CT molecular complexity index is 1150. The maximum absolute atomic E-state index is 13.5. The van der Waals surface area contributed by atoms with Gasteiger partial charge in [0.15, 0.2) is 0 Å². The average molecular weight is 422 g/mol. The van der Waals surface area contributed by atoms with Gasteiger partial charge in [-0.05, 0) is 28.8 Å². The van der Waals surface area contributed by atoms with E-state index in [1.807, 2.05) is 42.5 Å². The highest BCUT2D eigenvalue weighted by molar-refractivity contribution is 5.99. The number of benzene rings is 2. The van der Waals surface area contributed by atoms with E-state index in [4.69, 9.17) is 19.4 Å². The molecule has 0 spiro atoms. The summed E-state index contributed by atoms with van der Waals surface area (Å²) < 4.78 is 10.6. The number of carbonyl (C=O) groups excluding carboxylic acids is 2. The molecule has 5 rings (SSSR count). The van der Waals surface area contributed by atoms with Gasteiger partial charge in [-0.25, -0.2) is 4.79 Å². The van der Waals surface area contributed by atoms with Gasteiger partial charge >= 0.3 is 5.97 Å². The molecule has 8 nitrogen and oxygen atoms in total. The van der Waals surface area contributed by atoms with Crippen LogP contribution in [0.25, 0.3) is 10.9 Å². The molecular weight excluding hydrogens is 400 g/mol. The van der Waals surface area contributed by atoms with E-state index in [0.29, 0.717) is 31.7 Å². The number of rotatable bonds is 2. The van der Waals surface area contributed by atoms with Crippen molar-refractivity contribution in [3.63, 3.8) is 0 Å². The summed E-state index contributed by atoms with van der Waals surface area (Å²) in [7, 11) is 1.36. The van der Waals surface area contributed by atoms with Crippen molar-refractivity contribution in [2.45, 2.75) is 32.2 Å². The number of esters is 1. The Labute approximate surface area is 178 Å². The topological polar surface area (TPSA) is 109 Å². The highest BCUT2D eigenvalue weighted by atomic mass is 16.5. The number of amides is 1.